The molecular formula is C21H19N5O4S. The van der Waals surface area contributed by atoms with Gasteiger partial charge in [-0.1, -0.05) is 11.3 Å². The van der Waals surface area contributed by atoms with E-state index in [0.717, 1.165) is 40.7 Å². The van der Waals surface area contributed by atoms with E-state index < -0.39 is 6.09 Å². The molecule has 1 aromatic carbocycles. The third-order valence-corrected chi connectivity index (χ3v) is 6.75. The summed E-state index contributed by atoms with van der Waals surface area (Å²) in [5.74, 6) is 0.673. The van der Waals surface area contributed by atoms with Gasteiger partial charge in [-0.3, -0.25) is 4.90 Å². The average Bonchev–Trinajstić information content (AvgIpc) is 3.50. The summed E-state index contributed by atoms with van der Waals surface area (Å²) in [6, 6.07) is 10.2. The van der Waals surface area contributed by atoms with Gasteiger partial charge in [0.15, 0.2) is 5.65 Å². The molecule has 2 aliphatic rings. The minimum Gasteiger partial charge on any atom is -0.464 e. The molecule has 0 unspecified atom stereocenters. The summed E-state index contributed by atoms with van der Waals surface area (Å²) in [4.78, 5) is 27.2. The minimum atomic E-state index is -0.750. The van der Waals surface area contributed by atoms with E-state index in [2.05, 4.69) is 14.9 Å². The molecular weight excluding hydrogens is 418 g/mol. The van der Waals surface area contributed by atoms with Crippen molar-refractivity contribution < 1.29 is 18.8 Å². The Bertz CT molecular complexity index is 1250. The Kier molecular flexibility index (Phi) is 4.30. The van der Waals surface area contributed by atoms with E-state index in [1.54, 1.807) is 17.5 Å². The minimum absolute atomic E-state index is 0.193. The molecule has 2 bridgehead atoms. The molecule has 3 aromatic heterocycles. The van der Waals surface area contributed by atoms with Crippen LogP contribution in [0.5, 0.6) is 10.9 Å². The van der Waals surface area contributed by atoms with Crippen molar-refractivity contribution in [2.24, 2.45) is 5.73 Å². The Morgan fingerprint density at radius 1 is 1.29 bits per heavy atom. The topological polar surface area (TPSA) is 107 Å². The zero-order chi connectivity index (χ0) is 20.9. The third-order valence-electron chi connectivity index (χ3n) is 5.86. The van der Waals surface area contributed by atoms with Gasteiger partial charge in [-0.2, -0.15) is 4.98 Å². The van der Waals surface area contributed by atoms with Crippen LogP contribution in [0, 0.1) is 0 Å². The molecule has 2 saturated heterocycles. The highest BCUT2D eigenvalue weighted by Crippen LogP contribution is 2.35. The van der Waals surface area contributed by atoms with Crippen LogP contribution in [0.15, 0.2) is 47.2 Å². The number of rotatable bonds is 5. The van der Waals surface area contributed by atoms with Crippen molar-refractivity contribution in [3.63, 3.8) is 0 Å². The maximum absolute atomic E-state index is 11.0. The lowest BCUT2D eigenvalue weighted by Crippen LogP contribution is -2.47. The second-order valence-electron chi connectivity index (χ2n) is 7.81. The first-order valence-corrected chi connectivity index (χ1v) is 10.8. The number of fused-ring (bicyclic) bond motifs is 4. The Morgan fingerprint density at radius 2 is 2.23 bits per heavy atom. The highest BCUT2D eigenvalue weighted by molar-refractivity contribution is 7.20. The summed E-state index contributed by atoms with van der Waals surface area (Å²) in [6.07, 6.45) is 3.74. The monoisotopic (exact) mass is 437 g/mol. The van der Waals surface area contributed by atoms with Gasteiger partial charge in [0.05, 0.1) is 23.5 Å². The number of carbonyl (C=O) groups excluding carboxylic acids is 1. The van der Waals surface area contributed by atoms with Crippen LogP contribution in [0.1, 0.15) is 12.0 Å². The average molecular weight is 437 g/mol. The number of likely N-dealkylation sites (tertiary alicyclic amines) is 1. The van der Waals surface area contributed by atoms with Gasteiger partial charge in [0.2, 0.25) is 0 Å². The molecule has 158 valence electrons. The Labute approximate surface area is 180 Å². The number of carbonyl (C=O) groups is 1. The number of primary amides is 1. The zero-order valence-electron chi connectivity index (χ0n) is 16.4. The summed E-state index contributed by atoms with van der Waals surface area (Å²) in [7, 11) is 0. The third kappa shape index (κ3) is 3.38. The van der Waals surface area contributed by atoms with Gasteiger partial charge in [-0.05, 0) is 30.7 Å². The predicted octanol–water partition coefficient (Wildman–Crippen LogP) is 3.50. The van der Waals surface area contributed by atoms with Crippen LogP contribution >= 0.6 is 11.3 Å². The summed E-state index contributed by atoms with van der Waals surface area (Å²) in [6.45, 7) is 2.29. The SMILES string of the molecule is NC(=O)ON1C[C@@H]2C[C@H]1CN2Cc1coc2cc(Oc3nc4ncccc4s3)ccc12. The van der Waals surface area contributed by atoms with Crippen LogP contribution in [-0.4, -0.2) is 51.2 Å². The molecule has 2 aliphatic heterocycles. The van der Waals surface area contributed by atoms with Crippen LogP contribution in [-0.2, 0) is 11.4 Å². The van der Waals surface area contributed by atoms with E-state index in [1.807, 2.05) is 30.3 Å². The molecule has 2 N–H and O–H groups in total. The first kappa shape index (κ1) is 18.6. The lowest BCUT2D eigenvalue weighted by atomic mass is 10.1. The van der Waals surface area contributed by atoms with E-state index in [9.17, 15) is 4.79 Å². The fourth-order valence-corrected chi connectivity index (χ4v) is 5.29. The quantitative estimate of drug-likeness (QED) is 0.506. The maximum atomic E-state index is 11.0. The summed E-state index contributed by atoms with van der Waals surface area (Å²) in [5, 5.41) is 3.32. The molecule has 2 atom stereocenters. The smallest absolute Gasteiger partial charge is 0.423 e. The Balaban J connectivity index is 1.17. The number of furan rings is 1. The number of amides is 1. The van der Waals surface area contributed by atoms with Gasteiger partial charge in [-0.15, -0.1) is 5.06 Å². The number of ether oxygens (including phenoxy) is 1. The molecule has 0 saturated carbocycles. The van der Waals surface area contributed by atoms with Gasteiger partial charge in [0.25, 0.3) is 5.19 Å². The molecule has 6 rings (SSSR count). The van der Waals surface area contributed by atoms with Crippen LogP contribution in [0.25, 0.3) is 21.3 Å². The number of piperazine rings is 1. The van der Waals surface area contributed by atoms with Crippen molar-refractivity contribution in [1.82, 2.24) is 19.9 Å². The number of hydrogen-bond acceptors (Lipinski definition) is 9. The molecule has 2 fully saturated rings. The predicted molar refractivity (Wildman–Crippen MR) is 114 cm³/mol. The van der Waals surface area contributed by atoms with Crippen molar-refractivity contribution in [3.05, 3.63) is 48.4 Å². The summed E-state index contributed by atoms with van der Waals surface area (Å²) >= 11 is 1.46. The molecule has 5 heterocycles. The molecule has 4 aromatic rings. The van der Waals surface area contributed by atoms with E-state index in [-0.39, 0.29) is 6.04 Å². The molecule has 0 aliphatic carbocycles. The lowest BCUT2D eigenvalue weighted by Gasteiger charge is -2.32. The van der Waals surface area contributed by atoms with Crippen molar-refractivity contribution in [3.8, 4) is 10.9 Å². The van der Waals surface area contributed by atoms with Crippen LogP contribution in [0.2, 0.25) is 0 Å². The van der Waals surface area contributed by atoms with Gasteiger partial charge in [-0.25, -0.2) is 9.78 Å². The number of hydrogen-bond donors (Lipinski definition) is 1. The largest absolute Gasteiger partial charge is 0.464 e. The molecule has 0 radical (unpaired) electrons. The van der Waals surface area contributed by atoms with Crippen LogP contribution in [0.3, 0.4) is 0 Å². The zero-order valence-corrected chi connectivity index (χ0v) is 17.2. The second kappa shape index (κ2) is 7.19. The molecule has 31 heavy (non-hydrogen) atoms. The fourth-order valence-electron chi connectivity index (χ4n) is 4.50. The highest BCUT2D eigenvalue weighted by atomic mass is 32.1. The maximum Gasteiger partial charge on any atom is 0.423 e. The van der Waals surface area contributed by atoms with Crippen LogP contribution in [0.4, 0.5) is 4.79 Å². The first-order valence-electron chi connectivity index (χ1n) is 10.00. The standard InChI is InChI=1S/C21H19N5O4S/c22-20(27)30-26-10-13-6-14(26)9-25(13)8-12-11-28-17-7-15(3-4-16(12)17)29-21-24-19-18(31-21)2-1-5-23-19/h1-5,7,11,13-14H,6,8-10H2,(H2,22,27)/t13-,14-/m0/s1. The highest BCUT2D eigenvalue weighted by Gasteiger charge is 2.45. The van der Waals surface area contributed by atoms with Gasteiger partial charge < -0.3 is 19.7 Å². The summed E-state index contributed by atoms with van der Waals surface area (Å²) < 4.78 is 12.7. The molecule has 0 spiro atoms. The summed E-state index contributed by atoms with van der Waals surface area (Å²) in [5.41, 5.74) is 7.73. The number of pyridine rings is 1. The number of nitrogens with zero attached hydrogens (tertiary/aromatic N) is 4. The fraction of sp³-hybridized carbons (Fsp3) is 0.286. The van der Waals surface area contributed by atoms with E-state index >= 15 is 0 Å². The molecule has 9 nitrogen and oxygen atoms in total. The van der Waals surface area contributed by atoms with Gasteiger partial charge >= 0.3 is 6.09 Å². The van der Waals surface area contributed by atoms with E-state index in [4.69, 9.17) is 19.7 Å². The van der Waals surface area contributed by atoms with Crippen molar-refractivity contribution in [2.75, 3.05) is 13.1 Å². The van der Waals surface area contributed by atoms with Crippen molar-refractivity contribution in [2.45, 2.75) is 25.0 Å². The number of hydroxylamine groups is 2. The second-order valence-corrected chi connectivity index (χ2v) is 8.80. The van der Waals surface area contributed by atoms with E-state index in [1.165, 1.54) is 11.3 Å². The Morgan fingerprint density at radius 3 is 3.03 bits per heavy atom. The first-order chi connectivity index (χ1) is 15.1. The van der Waals surface area contributed by atoms with Crippen molar-refractivity contribution >= 4 is 38.7 Å². The number of thiazole rings is 1. The normalized spacial score (nSPS) is 21.3. The lowest BCUT2D eigenvalue weighted by molar-refractivity contribution is -0.127. The molecule has 10 heteroatoms. The van der Waals surface area contributed by atoms with Gasteiger partial charge in [0, 0.05) is 42.3 Å². The van der Waals surface area contributed by atoms with Crippen molar-refractivity contribution in [1.29, 1.82) is 0 Å². The van der Waals surface area contributed by atoms with E-state index in [0.29, 0.717) is 29.2 Å². The Hall–Kier alpha value is -3.21. The number of benzene rings is 1. The van der Waals surface area contributed by atoms with Gasteiger partial charge in [0.1, 0.15) is 11.3 Å². The number of nitrogens with two attached hydrogens (primary N) is 1. The number of aromatic nitrogens is 2. The van der Waals surface area contributed by atoms with Crippen LogP contribution < -0.4 is 10.5 Å². The molecule has 1 amide bonds.